The Hall–Kier alpha value is -2.55. The van der Waals surface area contributed by atoms with E-state index in [9.17, 15) is 0 Å². The van der Waals surface area contributed by atoms with Crippen LogP contribution in [0.25, 0.3) is 6.08 Å². The van der Waals surface area contributed by atoms with Gasteiger partial charge in [-0.3, -0.25) is 5.01 Å². The third kappa shape index (κ3) is 4.08. The molecule has 1 atom stereocenters. The Morgan fingerprint density at radius 2 is 1.52 bits per heavy atom. The van der Waals surface area contributed by atoms with Crippen molar-refractivity contribution < 1.29 is 0 Å². The van der Waals surface area contributed by atoms with Crippen molar-refractivity contribution in [1.29, 1.82) is 0 Å². The number of hydrazone groups is 1. The van der Waals surface area contributed by atoms with E-state index in [4.69, 9.17) is 28.3 Å². The molecule has 0 fully saturated rings. The number of halogens is 2. The fourth-order valence-electron chi connectivity index (χ4n) is 3.19. The second kappa shape index (κ2) is 7.99. The largest absolute Gasteiger partial charge is 0.257 e. The zero-order valence-electron chi connectivity index (χ0n) is 14.6. The molecule has 0 saturated carbocycles. The highest BCUT2D eigenvalue weighted by atomic mass is 35.5. The molecule has 3 aromatic carbocycles. The van der Waals surface area contributed by atoms with Gasteiger partial charge >= 0.3 is 0 Å². The second-order valence-corrected chi connectivity index (χ2v) is 7.22. The molecule has 1 unspecified atom stereocenters. The molecule has 0 aromatic heterocycles. The fourth-order valence-corrected chi connectivity index (χ4v) is 3.48. The van der Waals surface area contributed by atoms with E-state index in [1.54, 1.807) is 0 Å². The summed E-state index contributed by atoms with van der Waals surface area (Å²) in [4.78, 5) is 0. The predicted molar refractivity (Wildman–Crippen MR) is 116 cm³/mol. The maximum Gasteiger partial charge on any atom is 0.0831 e. The topological polar surface area (TPSA) is 15.6 Å². The Labute approximate surface area is 169 Å². The molecule has 3 aromatic rings. The SMILES string of the molecule is Clc1ccc(N2N=C(/C=C/c3ccccc3)CC2c2ccccc2)cc1Cl. The van der Waals surface area contributed by atoms with Gasteiger partial charge in [0.1, 0.15) is 0 Å². The molecule has 4 heteroatoms. The molecule has 1 aliphatic heterocycles. The lowest BCUT2D eigenvalue weighted by atomic mass is 10.0. The minimum Gasteiger partial charge on any atom is -0.257 e. The van der Waals surface area contributed by atoms with Gasteiger partial charge in [0.2, 0.25) is 0 Å². The van der Waals surface area contributed by atoms with Gasteiger partial charge in [-0.2, -0.15) is 5.10 Å². The zero-order valence-corrected chi connectivity index (χ0v) is 16.1. The molecule has 2 nitrogen and oxygen atoms in total. The Morgan fingerprint density at radius 1 is 0.815 bits per heavy atom. The highest BCUT2D eigenvalue weighted by molar-refractivity contribution is 6.42. The molecule has 0 bridgehead atoms. The molecule has 0 amide bonds. The normalized spacial score (nSPS) is 16.7. The van der Waals surface area contributed by atoms with Gasteiger partial charge < -0.3 is 0 Å². The number of anilines is 1. The van der Waals surface area contributed by atoms with Crippen LogP contribution in [0.5, 0.6) is 0 Å². The van der Waals surface area contributed by atoms with Gasteiger partial charge in [-0.1, -0.05) is 89.9 Å². The summed E-state index contributed by atoms with van der Waals surface area (Å²) in [5.74, 6) is 0. The van der Waals surface area contributed by atoms with E-state index in [0.29, 0.717) is 10.0 Å². The Bertz CT molecular complexity index is 982. The van der Waals surface area contributed by atoms with Gasteiger partial charge in [0.25, 0.3) is 0 Å². The highest BCUT2D eigenvalue weighted by Crippen LogP contribution is 2.37. The van der Waals surface area contributed by atoms with Crippen molar-refractivity contribution in [3.63, 3.8) is 0 Å². The maximum atomic E-state index is 6.24. The molecular weight excluding hydrogens is 375 g/mol. The predicted octanol–water partition coefficient (Wildman–Crippen LogP) is 7.01. The summed E-state index contributed by atoms with van der Waals surface area (Å²) in [6.45, 7) is 0. The van der Waals surface area contributed by atoms with Crippen LogP contribution in [0.15, 0.2) is 90.0 Å². The quantitative estimate of drug-likeness (QED) is 0.465. The molecule has 4 rings (SSSR count). The van der Waals surface area contributed by atoms with Crippen LogP contribution in [-0.2, 0) is 0 Å². The Kier molecular flexibility index (Phi) is 5.28. The summed E-state index contributed by atoms with van der Waals surface area (Å²) in [6.07, 6.45) is 5.01. The number of allylic oxidation sites excluding steroid dienone is 1. The van der Waals surface area contributed by atoms with E-state index in [-0.39, 0.29) is 6.04 Å². The second-order valence-electron chi connectivity index (χ2n) is 6.41. The molecule has 0 saturated heterocycles. The van der Waals surface area contributed by atoms with Crippen LogP contribution in [0.2, 0.25) is 10.0 Å². The van der Waals surface area contributed by atoms with Crippen LogP contribution in [0.4, 0.5) is 5.69 Å². The lowest BCUT2D eigenvalue weighted by Crippen LogP contribution is -2.18. The third-order valence-electron chi connectivity index (χ3n) is 4.55. The van der Waals surface area contributed by atoms with Gasteiger partial charge in [-0.05, 0) is 35.4 Å². The van der Waals surface area contributed by atoms with Crippen LogP contribution in [0.1, 0.15) is 23.6 Å². The maximum absolute atomic E-state index is 6.24. The van der Waals surface area contributed by atoms with Crippen molar-refractivity contribution in [2.24, 2.45) is 5.10 Å². The number of hydrogen-bond acceptors (Lipinski definition) is 2. The highest BCUT2D eigenvalue weighted by Gasteiger charge is 2.28. The minimum atomic E-state index is 0.124. The van der Waals surface area contributed by atoms with E-state index in [0.717, 1.165) is 23.4 Å². The summed E-state index contributed by atoms with van der Waals surface area (Å²) in [5, 5.41) is 7.97. The summed E-state index contributed by atoms with van der Waals surface area (Å²) < 4.78 is 0. The molecule has 1 aliphatic rings. The van der Waals surface area contributed by atoms with E-state index >= 15 is 0 Å². The molecule has 0 spiro atoms. The van der Waals surface area contributed by atoms with Crippen molar-refractivity contribution >= 4 is 40.7 Å². The van der Waals surface area contributed by atoms with E-state index in [1.165, 1.54) is 5.56 Å². The van der Waals surface area contributed by atoms with Crippen LogP contribution >= 0.6 is 23.2 Å². The first-order valence-corrected chi connectivity index (χ1v) is 9.56. The van der Waals surface area contributed by atoms with Crippen LogP contribution < -0.4 is 5.01 Å². The first kappa shape index (κ1) is 17.8. The number of hydrogen-bond donors (Lipinski definition) is 0. The van der Waals surface area contributed by atoms with Gasteiger partial charge in [-0.25, -0.2) is 0 Å². The summed E-state index contributed by atoms with van der Waals surface area (Å²) in [5.41, 5.74) is 4.33. The van der Waals surface area contributed by atoms with Crippen molar-refractivity contribution in [2.45, 2.75) is 12.5 Å². The molecule has 1 heterocycles. The number of nitrogens with zero attached hydrogens (tertiary/aromatic N) is 2. The summed E-state index contributed by atoms with van der Waals surface area (Å²) in [7, 11) is 0. The average Bonchev–Trinajstić information content (AvgIpc) is 3.14. The smallest absolute Gasteiger partial charge is 0.0831 e. The summed E-state index contributed by atoms with van der Waals surface area (Å²) >= 11 is 12.3. The van der Waals surface area contributed by atoms with E-state index in [2.05, 4.69) is 48.6 Å². The van der Waals surface area contributed by atoms with E-state index < -0.39 is 0 Å². The third-order valence-corrected chi connectivity index (χ3v) is 5.29. The molecule has 134 valence electrons. The van der Waals surface area contributed by atoms with Crippen molar-refractivity contribution in [3.05, 3.63) is 106 Å². The average molecular weight is 393 g/mol. The van der Waals surface area contributed by atoms with Crippen molar-refractivity contribution in [2.75, 3.05) is 5.01 Å². The van der Waals surface area contributed by atoms with Crippen molar-refractivity contribution in [1.82, 2.24) is 0 Å². The minimum absolute atomic E-state index is 0.124. The van der Waals surface area contributed by atoms with Crippen molar-refractivity contribution in [3.8, 4) is 0 Å². The van der Waals surface area contributed by atoms with Gasteiger partial charge in [0, 0.05) is 6.42 Å². The van der Waals surface area contributed by atoms with Crippen LogP contribution in [0.3, 0.4) is 0 Å². The van der Waals surface area contributed by atoms with Crippen LogP contribution in [-0.4, -0.2) is 5.71 Å². The van der Waals surface area contributed by atoms with Gasteiger partial charge in [-0.15, -0.1) is 0 Å². The lowest BCUT2D eigenvalue weighted by molar-refractivity contribution is 0.709. The van der Waals surface area contributed by atoms with E-state index in [1.807, 2.05) is 47.5 Å². The lowest BCUT2D eigenvalue weighted by Gasteiger charge is -2.24. The van der Waals surface area contributed by atoms with Gasteiger partial charge in [0.05, 0.1) is 27.5 Å². The standard InChI is InChI=1S/C23H18Cl2N2/c24-21-14-13-20(16-22(21)25)27-23(18-9-5-2-6-10-18)15-19(26-27)12-11-17-7-3-1-4-8-17/h1-14,16,23H,15H2/b12-11+. The first-order chi connectivity index (χ1) is 13.2. The molecule has 0 radical (unpaired) electrons. The Morgan fingerprint density at radius 3 is 2.22 bits per heavy atom. The molecule has 0 N–H and O–H groups in total. The number of benzene rings is 3. The molecular formula is C23H18Cl2N2. The first-order valence-electron chi connectivity index (χ1n) is 8.80. The Balaban J connectivity index is 1.67. The summed E-state index contributed by atoms with van der Waals surface area (Å²) in [6, 6.07) is 26.4. The zero-order chi connectivity index (χ0) is 18.6. The number of rotatable bonds is 4. The van der Waals surface area contributed by atoms with Gasteiger partial charge in [0.15, 0.2) is 0 Å². The fraction of sp³-hybridized carbons (Fsp3) is 0.0870. The van der Waals surface area contributed by atoms with Crippen LogP contribution in [0, 0.1) is 0 Å². The molecule has 27 heavy (non-hydrogen) atoms. The molecule has 0 aliphatic carbocycles. The monoisotopic (exact) mass is 392 g/mol.